The highest BCUT2D eigenvalue weighted by Gasteiger charge is 2.21. The minimum absolute atomic E-state index is 0.00949. The molecule has 1 aromatic carbocycles. The number of pyridine rings is 1. The van der Waals surface area contributed by atoms with Crippen LogP contribution in [0.1, 0.15) is 10.4 Å². The van der Waals surface area contributed by atoms with Crippen LogP contribution in [0.25, 0.3) is 0 Å². The van der Waals surface area contributed by atoms with Crippen LogP contribution in [0.15, 0.2) is 42.7 Å². The summed E-state index contributed by atoms with van der Waals surface area (Å²) in [6.45, 7) is 3.40. The van der Waals surface area contributed by atoms with Gasteiger partial charge in [0.25, 0.3) is 0 Å². The topological polar surface area (TPSA) is 109 Å². The van der Waals surface area contributed by atoms with Gasteiger partial charge in [-0.15, -0.1) is 0 Å². The summed E-state index contributed by atoms with van der Waals surface area (Å²) in [4.78, 5) is 20.9. The molecule has 8 nitrogen and oxygen atoms in total. The number of piperazine rings is 1. The first-order valence-electron chi connectivity index (χ1n) is 8.60. The molecular formula is C18H23N5O3S. The highest BCUT2D eigenvalue weighted by atomic mass is 32.2. The number of Topliss-reactive ketones (excluding diaryl/α,β-unsaturated/α-hetero) is 1. The molecule has 1 aliphatic heterocycles. The Morgan fingerprint density at radius 2 is 1.81 bits per heavy atom. The van der Waals surface area contributed by atoms with Crippen molar-refractivity contribution in [3.8, 4) is 0 Å². The summed E-state index contributed by atoms with van der Waals surface area (Å²) >= 11 is 0. The van der Waals surface area contributed by atoms with Crippen molar-refractivity contribution < 1.29 is 13.2 Å². The first-order valence-corrected chi connectivity index (χ1v) is 10.5. The van der Waals surface area contributed by atoms with Gasteiger partial charge in [-0.05, 0) is 30.3 Å². The van der Waals surface area contributed by atoms with E-state index in [1.807, 2.05) is 0 Å². The van der Waals surface area contributed by atoms with Crippen LogP contribution in [0.2, 0.25) is 0 Å². The minimum Gasteiger partial charge on any atom is -0.397 e. The van der Waals surface area contributed by atoms with Crippen LogP contribution in [0.4, 0.5) is 17.1 Å². The number of nitrogens with two attached hydrogens (primary N) is 1. The number of ketones is 1. The van der Waals surface area contributed by atoms with Crippen molar-refractivity contribution in [2.45, 2.75) is 0 Å². The number of carbonyl (C=O) groups excluding carboxylic acids is 1. The third-order valence-electron chi connectivity index (χ3n) is 4.42. The molecule has 0 aliphatic carbocycles. The average molecular weight is 389 g/mol. The SMILES string of the molecule is CS(=O)(=O)Nc1ccc(C(=O)CN2CCN(c3cnccc3N)CC2)cc1. The maximum absolute atomic E-state index is 12.5. The summed E-state index contributed by atoms with van der Waals surface area (Å²) in [5.74, 6) is 0.00949. The van der Waals surface area contributed by atoms with E-state index in [-0.39, 0.29) is 5.78 Å². The number of nitrogens with one attached hydrogen (secondary N) is 1. The highest BCUT2D eigenvalue weighted by molar-refractivity contribution is 7.92. The number of hydrogen-bond donors (Lipinski definition) is 2. The van der Waals surface area contributed by atoms with Crippen LogP contribution in [-0.4, -0.2) is 63.1 Å². The predicted octanol–water partition coefficient (Wildman–Crippen LogP) is 1.04. The molecule has 2 heterocycles. The van der Waals surface area contributed by atoms with E-state index in [4.69, 9.17) is 5.73 Å². The third kappa shape index (κ3) is 5.18. The van der Waals surface area contributed by atoms with Crippen molar-refractivity contribution in [1.29, 1.82) is 0 Å². The molecule has 1 aliphatic rings. The molecule has 1 saturated heterocycles. The number of sulfonamides is 1. The van der Waals surface area contributed by atoms with Gasteiger partial charge in [-0.2, -0.15) is 0 Å². The average Bonchev–Trinajstić information content (AvgIpc) is 2.62. The van der Waals surface area contributed by atoms with E-state index in [0.717, 1.165) is 38.1 Å². The van der Waals surface area contributed by atoms with Crippen molar-refractivity contribution in [1.82, 2.24) is 9.88 Å². The Labute approximate surface area is 159 Å². The van der Waals surface area contributed by atoms with Crippen LogP contribution in [0.3, 0.4) is 0 Å². The van der Waals surface area contributed by atoms with Crippen LogP contribution in [-0.2, 0) is 10.0 Å². The Bertz CT molecular complexity index is 907. The summed E-state index contributed by atoms with van der Waals surface area (Å²) in [5, 5.41) is 0. The highest BCUT2D eigenvalue weighted by Crippen LogP contribution is 2.22. The molecule has 144 valence electrons. The van der Waals surface area contributed by atoms with E-state index in [0.29, 0.717) is 23.5 Å². The normalized spacial score (nSPS) is 15.5. The number of hydrogen-bond acceptors (Lipinski definition) is 7. The lowest BCUT2D eigenvalue weighted by Crippen LogP contribution is -2.48. The quantitative estimate of drug-likeness (QED) is 0.711. The van der Waals surface area contributed by atoms with Gasteiger partial charge in [0.15, 0.2) is 5.78 Å². The minimum atomic E-state index is -3.33. The molecule has 0 spiro atoms. The summed E-state index contributed by atoms with van der Waals surface area (Å²) in [5.41, 5.74) is 8.64. The molecule has 0 atom stereocenters. The number of nitrogen functional groups attached to an aromatic ring is 1. The molecule has 27 heavy (non-hydrogen) atoms. The zero-order valence-corrected chi connectivity index (χ0v) is 15.9. The van der Waals surface area contributed by atoms with Gasteiger partial charge in [-0.25, -0.2) is 8.42 Å². The van der Waals surface area contributed by atoms with E-state index in [1.165, 1.54) is 0 Å². The summed E-state index contributed by atoms with van der Waals surface area (Å²) in [6.07, 6.45) is 4.53. The van der Waals surface area contributed by atoms with Gasteiger partial charge in [0.2, 0.25) is 10.0 Å². The number of carbonyl (C=O) groups is 1. The molecule has 2 aromatic rings. The van der Waals surface area contributed by atoms with Crippen LogP contribution in [0, 0.1) is 0 Å². The smallest absolute Gasteiger partial charge is 0.229 e. The van der Waals surface area contributed by atoms with Gasteiger partial charge in [-0.3, -0.25) is 19.4 Å². The van der Waals surface area contributed by atoms with Crippen LogP contribution in [0.5, 0.6) is 0 Å². The lowest BCUT2D eigenvalue weighted by molar-refractivity contribution is 0.0926. The molecule has 1 fully saturated rings. The van der Waals surface area contributed by atoms with Gasteiger partial charge in [0.1, 0.15) is 0 Å². The molecule has 9 heteroatoms. The van der Waals surface area contributed by atoms with Gasteiger partial charge in [-0.1, -0.05) is 0 Å². The Kier molecular flexibility index (Phi) is 5.62. The van der Waals surface area contributed by atoms with Crippen molar-refractivity contribution in [2.24, 2.45) is 0 Å². The summed E-state index contributed by atoms with van der Waals surface area (Å²) < 4.78 is 24.8. The van der Waals surface area contributed by atoms with E-state index >= 15 is 0 Å². The van der Waals surface area contributed by atoms with E-state index in [1.54, 1.807) is 42.7 Å². The Balaban J connectivity index is 1.54. The molecule has 3 rings (SSSR count). The molecule has 0 unspecified atom stereocenters. The van der Waals surface area contributed by atoms with E-state index in [9.17, 15) is 13.2 Å². The number of anilines is 3. The van der Waals surface area contributed by atoms with Crippen molar-refractivity contribution >= 4 is 32.9 Å². The number of nitrogens with zero attached hydrogens (tertiary/aromatic N) is 3. The maximum atomic E-state index is 12.5. The first kappa shape index (κ1) is 19.1. The third-order valence-corrected chi connectivity index (χ3v) is 5.03. The maximum Gasteiger partial charge on any atom is 0.229 e. The Morgan fingerprint density at radius 3 is 2.41 bits per heavy atom. The standard InChI is InChI=1S/C18H23N5O3S/c1-27(25,26)21-15-4-2-14(3-5-15)18(24)13-22-8-10-23(11-9-22)17-12-20-7-6-16(17)19/h2-7,12,21H,8-11,13H2,1H3,(H2,19,20). The Hall–Kier alpha value is -2.65. The first-order chi connectivity index (χ1) is 12.8. The molecule has 0 radical (unpaired) electrons. The van der Waals surface area contributed by atoms with Crippen LogP contribution >= 0.6 is 0 Å². The number of aromatic nitrogens is 1. The predicted molar refractivity (Wildman–Crippen MR) is 107 cm³/mol. The summed E-state index contributed by atoms with van der Waals surface area (Å²) in [6, 6.07) is 8.26. The molecule has 3 N–H and O–H groups in total. The molecule has 0 bridgehead atoms. The monoisotopic (exact) mass is 389 g/mol. The molecule has 0 amide bonds. The lowest BCUT2D eigenvalue weighted by Gasteiger charge is -2.36. The van der Waals surface area contributed by atoms with Gasteiger partial charge in [0.05, 0.1) is 30.4 Å². The molecule has 1 aromatic heterocycles. The van der Waals surface area contributed by atoms with Gasteiger partial charge < -0.3 is 10.6 Å². The second kappa shape index (κ2) is 7.93. The number of benzene rings is 1. The van der Waals surface area contributed by atoms with Crippen molar-refractivity contribution in [2.75, 3.05) is 54.3 Å². The Morgan fingerprint density at radius 1 is 1.15 bits per heavy atom. The zero-order valence-electron chi connectivity index (χ0n) is 15.1. The molecular weight excluding hydrogens is 366 g/mol. The lowest BCUT2D eigenvalue weighted by atomic mass is 10.1. The van der Waals surface area contributed by atoms with Crippen molar-refractivity contribution in [3.05, 3.63) is 48.3 Å². The fourth-order valence-electron chi connectivity index (χ4n) is 3.04. The van der Waals surface area contributed by atoms with E-state index in [2.05, 4.69) is 19.5 Å². The fraction of sp³-hybridized carbons (Fsp3) is 0.333. The number of rotatable bonds is 6. The van der Waals surface area contributed by atoms with Crippen LogP contribution < -0.4 is 15.4 Å². The van der Waals surface area contributed by atoms with Gasteiger partial charge in [0, 0.05) is 43.6 Å². The second-order valence-electron chi connectivity index (χ2n) is 6.57. The summed E-state index contributed by atoms with van der Waals surface area (Å²) in [7, 11) is -3.33. The fourth-order valence-corrected chi connectivity index (χ4v) is 3.60. The molecule has 0 saturated carbocycles. The zero-order chi connectivity index (χ0) is 19.4. The van der Waals surface area contributed by atoms with E-state index < -0.39 is 10.0 Å². The van der Waals surface area contributed by atoms with Gasteiger partial charge >= 0.3 is 0 Å². The second-order valence-corrected chi connectivity index (χ2v) is 8.32. The largest absolute Gasteiger partial charge is 0.397 e. The van der Waals surface area contributed by atoms with Crippen molar-refractivity contribution in [3.63, 3.8) is 0 Å².